The van der Waals surface area contributed by atoms with E-state index in [4.69, 9.17) is 27.9 Å². The number of morpholine rings is 1. The third-order valence-corrected chi connectivity index (χ3v) is 6.76. The molecule has 2 saturated heterocycles. The molecule has 6 nitrogen and oxygen atoms in total. The van der Waals surface area contributed by atoms with Gasteiger partial charge in [0.2, 0.25) is 5.91 Å². The average Bonchev–Trinajstić information content (AvgIpc) is 2.84. The molecule has 0 saturated carbocycles. The molecule has 2 aliphatic heterocycles. The summed E-state index contributed by atoms with van der Waals surface area (Å²) in [6.07, 6.45) is 1.56. The number of halogens is 2. The first-order valence-electron chi connectivity index (χ1n) is 10.9. The smallest absolute Gasteiger partial charge is 0.253 e. The topological polar surface area (TPSA) is 61.9 Å². The monoisotopic (exact) mass is 475 g/mol. The van der Waals surface area contributed by atoms with Crippen molar-refractivity contribution in [1.82, 2.24) is 10.2 Å². The number of likely N-dealkylation sites (tertiary alicyclic amines) is 1. The van der Waals surface area contributed by atoms with Gasteiger partial charge in [-0.1, -0.05) is 35.3 Å². The highest BCUT2D eigenvalue weighted by atomic mass is 35.5. The highest BCUT2D eigenvalue weighted by Crippen LogP contribution is 2.25. The molecule has 8 heteroatoms. The number of hydrogen-bond acceptors (Lipinski definition) is 4. The minimum Gasteiger partial charge on any atom is -0.378 e. The summed E-state index contributed by atoms with van der Waals surface area (Å²) in [6.45, 7) is 4.81. The van der Waals surface area contributed by atoms with Crippen LogP contribution in [0, 0.1) is 5.92 Å². The van der Waals surface area contributed by atoms with Crippen molar-refractivity contribution in [2.45, 2.75) is 19.4 Å². The fourth-order valence-corrected chi connectivity index (χ4v) is 4.47. The number of hydrogen-bond donors (Lipinski definition) is 1. The molecule has 0 bridgehead atoms. The van der Waals surface area contributed by atoms with E-state index in [0.717, 1.165) is 44.7 Å². The summed E-state index contributed by atoms with van der Waals surface area (Å²) in [6, 6.07) is 13.1. The van der Waals surface area contributed by atoms with E-state index in [9.17, 15) is 9.59 Å². The van der Waals surface area contributed by atoms with Crippen molar-refractivity contribution >= 4 is 40.7 Å². The van der Waals surface area contributed by atoms with Gasteiger partial charge in [0.25, 0.3) is 5.91 Å². The van der Waals surface area contributed by atoms with E-state index in [1.54, 1.807) is 23.1 Å². The number of carbonyl (C=O) groups excluding carboxylic acids is 2. The van der Waals surface area contributed by atoms with Gasteiger partial charge in [-0.15, -0.1) is 0 Å². The average molecular weight is 476 g/mol. The number of benzene rings is 2. The van der Waals surface area contributed by atoms with Crippen molar-refractivity contribution in [2.75, 3.05) is 44.3 Å². The van der Waals surface area contributed by atoms with Gasteiger partial charge in [0.05, 0.1) is 29.2 Å². The van der Waals surface area contributed by atoms with Crippen molar-refractivity contribution in [1.29, 1.82) is 0 Å². The lowest BCUT2D eigenvalue weighted by molar-refractivity contribution is -0.126. The van der Waals surface area contributed by atoms with E-state index < -0.39 is 0 Å². The first-order valence-corrected chi connectivity index (χ1v) is 11.7. The van der Waals surface area contributed by atoms with Crippen molar-refractivity contribution in [3.63, 3.8) is 0 Å². The number of anilines is 1. The van der Waals surface area contributed by atoms with Gasteiger partial charge in [-0.3, -0.25) is 9.59 Å². The van der Waals surface area contributed by atoms with Gasteiger partial charge < -0.3 is 19.9 Å². The van der Waals surface area contributed by atoms with Gasteiger partial charge in [0.15, 0.2) is 0 Å². The van der Waals surface area contributed by atoms with Crippen LogP contribution in [0.4, 0.5) is 5.69 Å². The Bertz CT molecular complexity index is 961. The lowest BCUT2D eigenvalue weighted by Gasteiger charge is -2.32. The van der Waals surface area contributed by atoms with Crippen molar-refractivity contribution < 1.29 is 14.3 Å². The van der Waals surface area contributed by atoms with E-state index in [1.807, 2.05) is 12.1 Å². The van der Waals surface area contributed by atoms with Crippen LogP contribution in [0.5, 0.6) is 0 Å². The standard InChI is InChI=1S/C24H27Cl2N3O3/c25-21-8-5-18(14-22(21)26)24(31)29-9-1-2-19(16-29)23(30)27-15-17-3-6-20(7-4-17)28-10-12-32-13-11-28/h3-8,14,19H,1-2,9-13,15-16H2,(H,27,30). The number of amides is 2. The molecule has 0 spiro atoms. The summed E-state index contributed by atoms with van der Waals surface area (Å²) < 4.78 is 5.40. The second-order valence-electron chi connectivity index (χ2n) is 8.20. The molecular formula is C24H27Cl2N3O3. The van der Waals surface area contributed by atoms with E-state index in [-0.39, 0.29) is 17.7 Å². The Morgan fingerprint density at radius 1 is 1.00 bits per heavy atom. The summed E-state index contributed by atoms with van der Waals surface area (Å²) in [4.78, 5) is 29.7. The number of carbonyl (C=O) groups is 2. The van der Waals surface area contributed by atoms with E-state index >= 15 is 0 Å². The van der Waals surface area contributed by atoms with Crippen LogP contribution >= 0.6 is 23.2 Å². The molecule has 1 N–H and O–H groups in total. The maximum Gasteiger partial charge on any atom is 0.253 e. The third-order valence-electron chi connectivity index (χ3n) is 6.03. The summed E-state index contributed by atoms with van der Waals surface area (Å²) in [7, 11) is 0. The molecule has 1 unspecified atom stereocenters. The molecule has 2 heterocycles. The predicted molar refractivity (Wildman–Crippen MR) is 126 cm³/mol. The molecule has 1 atom stereocenters. The summed E-state index contributed by atoms with van der Waals surface area (Å²) in [5, 5.41) is 3.80. The molecule has 2 amide bonds. The number of piperidine rings is 1. The van der Waals surface area contributed by atoms with E-state index in [2.05, 4.69) is 22.3 Å². The Kier molecular flexibility index (Phi) is 7.55. The van der Waals surface area contributed by atoms with Gasteiger partial charge in [-0.25, -0.2) is 0 Å². The van der Waals surface area contributed by atoms with Crippen molar-refractivity contribution in [3.8, 4) is 0 Å². The van der Waals surface area contributed by atoms with Gasteiger partial charge in [-0.2, -0.15) is 0 Å². The molecule has 32 heavy (non-hydrogen) atoms. The highest BCUT2D eigenvalue weighted by molar-refractivity contribution is 6.42. The van der Waals surface area contributed by atoms with E-state index in [1.165, 1.54) is 5.69 Å². The Balaban J connectivity index is 1.30. The third kappa shape index (κ3) is 5.55. The summed E-state index contributed by atoms with van der Waals surface area (Å²) in [5.41, 5.74) is 2.71. The van der Waals surface area contributed by atoms with E-state index in [0.29, 0.717) is 35.2 Å². The second-order valence-corrected chi connectivity index (χ2v) is 9.02. The van der Waals surface area contributed by atoms with Crippen LogP contribution < -0.4 is 10.2 Å². The van der Waals surface area contributed by atoms with Gasteiger partial charge >= 0.3 is 0 Å². The molecule has 170 valence electrons. The van der Waals surface area contributed by atoms with Crippen LogP contribution in [0.15, 0.2) is 42.5 Å². The normalized spacial score (nSPS) is 19.0. The molecule has 2 fully saturated rings. The predicted octanol–water partition coefficient (Wildman–Crippen LogP) is 4.00. The number of nitrogens with one attached hydrogen (secondary N) is 1. The first kappa shape index (κ1) is 22.9. The SMILES string of the molecule is O=C(NCc1ccc(N2CCOCC2)cc1)C1CCCN(C(=O)c2ccc(Cl)c(Cl)c2)C1. The number of nitrogens with zero attached hydrogens (tertiary/aromatic N) is 2. The van der Waals surface area contributed by atoms with Crippen LogP contribution in [-0.2, 0) is 16.1 Å². The zero-order valence-corrected chi connectivity index (χ0v) is 19.4. The second kappa shape index (κ2) is 10.6. The molecule has 2 aromatic rings. The fourth-order valence-electron chi connectivity index (χ4n) is 4.17. The molecule has 0 aromatic heterocycles. The Labute approximate surface area is 198 Å². The highest BCUT2D eigenvalue weighted by Gasteiger charge is 2.29. The molecule has 2 aromatic carbocycles. The maximum atomic E-state index is 12.9. The summed E-state index contributed by atoms with van der Waals surface area (Å²) >= 11 is 12.0. The number of ether oxygens (including phenoxy) is 1. The first-order chi connectivity index (χ1) is 15.5. The molecule has 0 radical (unpaired) electrons. The Hall–Kier alpha value is -2.28. The quantitative estimate of drug-likeness (QED) is 0.709. The van der Waals surface area contributed by atoms with Gasteiger partial charge in [0.1, 0.15) is 0 Å². The fraction of sp³-hybridized carbons (Fsp3) is 0.417. The van der Waals surface area contributed by atoms with Gasteiger partial charge in [-0.05, 0) is 48.7 Å². The molecule has 2 aliphatic rings. The largest absolute Gasteiger partial charge is 0.378 e. The lowest BCUT2D eigenvalue weighted by Crippen LogP contribution is -2.45. The lowest BCUT2D eigenvalue weighted by atomic mass is 9.96. The van der Waals surface area contributed by atoms with Crippen LogP contribution in [0.25, 0.3) is 0 Å². The van der Waals surface area contributed by atoms with Crippen LogP contribution in [0.3, 0.4) is 0 Å². The van der Waals surface area contributed by atoms with Crippen molar-refractivity contribution in [3.05, 3.63) is 63.6 Å². The van der Waals surface area contributed by atoms with Crippen LogP contribution in [-0.4, -0.2) is 56.1 Å². The molecular weight excluding hydrogens is 449 g/mol. The Morgan fingerprint density at radius 3 is 2.47 bits per heavy atom. The minimum absolute atomic E-state index is 0.0195. The molecule has 4 rings (SSSR count). The van der Waals surface area contributed by atoms with Crippen LogP contribution in [0.2, 0.25) is 10.0 Å². The zero-order valence-electron chi connectivity index (χ0n) is 17.9. The zero-order chi connectivity index (χ0) is 22.5. The summed E-state index contributed by atoms with van der Waals surface area (Å²) in [5.74, 6) is -0.364. The molecule has 0 aliphatic carbocycles. The van der Waals surface area contributed by atoms with Crippen molar-refractivity contribution in [2.24, 2.45) is 5.92 Å². The minimum atomic E-state index is -0.219. The number of rotatable bonds is 5. The Morgan fingerprint density at radius 2 is 1.75 bits per heavy atom. The van der Waals surface area contributed by atoms with Crippen LogP contribution in [0.1, 0.15) is 28.8 Å². The maximum absolute atomic E-state index is 12.9. The van der Waals surface area contributed by atoms with Gasteiger partial charge in [0, 0.05) is 44.0 Å².